The SMILES string of the molecule is Cc1cc(NC2CCN(c3ncco3)CC2)ncn1. The van der Waals surface area contributed by atoms with Crippen molar-refractivity contribution in [3.63, 3.8) is 0 Å². The van der Waals surface area contributed by atoms with E-state index in [9.17, 15) is 0 Å². The van der Waals surface area contributed by atoms with E-state index in [2.05, 4.69) is 25.2 Å². The number of anilines is 2. The van der Waals surface area contributed by atoms with E-state index in [1.54, 1.807) is 18.8 Å². The monoisotopic (exact) mass is 259 g/mol. The lowest BCUT2D eigenvalue weighted by atomic mass is 10.1. The first kappa shape index (κ1) is 12.0. The molecule has 0 saturated carbocycles. The molecule has 1 saturated heterocycles. The smallest absolute Gasteiger partial charge is 0.297 e. The van der Waals surface area contributed by atoms with E-state index in [0.717, 1.165) is 43.5 Å². The van der Waals surface area contributed by atoms with E-state index in [-0.39, 0.29) is 0 Å². The van der Waals surface area contributed by atoms with Crippen molar-refractivity contribution >= 4 is 11.8 Å². The van der Waals surface area contributed by atoms with Crippen molar-refractivity contribution in [1.29, 1.82) is 0 Å². The van der Waals surface area contributed by atoms with Crippen molar-refractivity contribution in [3.8, 4) is 0 Å². The molecular formula is C13H17N5O. The molecule has 1 fully saturated rings. The number of oxazole rings is 1. The van der Waals surface area contributed by atoms with Gasteiger partial charge < -0.3 is 14.6 Å². The van der Waals surface area contributed by atoms with Gasteiger partial charge in [-0.1, -0.05) is 0 Å². The summed E-state index contributed by atoms with van der Waals surface area (Å²) < 4.78 is 5.32. The number of piperidine rings is 1. The first-order valence-corrected chi connectivity index (χ1v) is 6.51. The van der Waals surface area contributed by atoms with Crippen LogP contribution in [0.5, 0.6) is 0 Å². The Balaban J connectivity index is 1.56. The number of aromatic nitrogens is 3. The van der Waals surface area contributed by atoms with Crippen LogP contribution in [0.2, 0.25) is 0 Å². The van der Waals surface area contributed by atoms with Gasteiger partial charge in [0, 0.05) is 30.9 Å². The highest BCUT2D eigenvalue weighted by molar-refractivity contribution is 5.36. The predicted octanol–water partition coefficient (Wildman–Crippen LogP) is 1.85. The quantitative estimate of drug-likeness (QED) is 0.907. The number of rotatable bonds is 3. The summed E-state index contributed by atoms with van der Waals surface area (Å²) in [5.74, 6) is 0.905. The lowest BCUT2D eigenvalue weighted by Gasteiger charge is -2.31. The zero-order valence-electron chi connectivity index (χ0n) is 10.9. The topological polar surface area (TPSA) is 67.1 Å². The molecule has 19 heavy (non-hydrogen) atoms. The molecule has 0 bridgehead atoms. The molecule has 6 nitrogen and oxygen atoms in total. The standard InChI is InChI=1S/C13H17N5O/c1-10-8-12(16-9-15-10)17-11-2-5-18(6-3-11)13-14-4-7-19-13/h4,7-9,11H,2-3,5-6H2,1H3,(H,15,16,17). The van der Waals surface area contributed by atoms with Crippen LogP contribution >= 0.6 is 0 Å². The lowest BCUT2D eigenvalue weighted by Crippen LogP contribution is -2.39. The second-order valence-electron chi connectivity index (χ2n) is 4.76. The van der Waals surface area contributed by atoms with Gasteiger partial charge in [-0.25, -0.2) is 15.0 Å². The van der Waals surface area contributed by atoms with Crippen molar-refractivity contribution in [1.82, 2.24) is 15.0 Å². The fourth-order valence-corrected chi connectivity index (χ4v) is 2.33. The van der Waals surface area contributed by atoms with Crippen molar-refractivity contribution in [2.75, 3.05) is 23.3 Å². The van der Waals surface area contributed by atoms with Gasteiger partial charge in [-0.15, -0.1) is 0 Å². The maximum atomic E-state index is 5.32. The molecule has 0 unspecified atom stereocenters. The van der Waals surface area contributed by atoms with Crippen LogP contribution in [0.4, 0.5) is 11.8 Å². The Bertz CT molecular complexity index is 520. The summed E-state index contributed by atoms with van der Waals surface area (Å²) >= 11 is 0. The second-order valence-corrected chi connectivity index (χ2v) is 4.76. The molecule has 0 aliphatic carbocycles. The molecule has 3 heterocycles. The molecule has 0 radical (unpaired) electrons. The number of nitrogens with one attached hydrogen (secondary N) is 1. The first-order valence-electron chi connectivity index (χ1n) is 6.51. The molecule has 6 heteroatoms. The van der Waals surface area contributed by atoms with E-state index in [1.165, 1.54) is 0 Å². The largest absolute Gasteiger partial charge is 0.432 e. The van der Waals surface area contributed by atoms with Crippen molar-refractivity contribution in [2.45, 2.75) is 25.8 Å². The molecule has 3 rings (SSSR count). The van der Waals surface area contributed by atoms with Gasteiger partial charge in [-0.3, -0.25) is 0 Å². The highest BCUT2D eigenvalue weighted by Gasteiger charge is 2.21. The third kappa shape index (κ3) is 2.83. The maximum Gasteiger partial charge on any atom is 0.297 e. The molecule has 100 valence electrons. The van der Waals surface area contributed by atoms with E-state index in [1.807, 2.05) is 13.0 Å². The molecule has 1 aliphatic rings. The highest BCUT2D eigenvalue weighted by atomic mass is 16.4. The van der Waals surface area contributed by atoms with E-state index in [0.29, 0.717) is 6.04 Å². The van der Waals surface area contributed by atoms with Crippen LogP contribution in [-0.4, -0.2) is 34.1 Å². The van der Waals surface area contributed by atoms with Crippen LogP contribution in [0.25, 0.3) is 0 Å². The second kappa shape index (κ2) is 5.26. The van der Waals surface area contributed by atoms with Gasteiger partial charge >= 0.3 is 0 Å². The molecule has 0 atom stereocenters. The fourth-order valence-electron chi connectivity index (χ4n) is 2.33. The van der Waals surface area contributed by atoms with E-state index in [4.69, 9.17) is 4.42 Å². The third-order valence-electron chi connectivity index (χ3n) is 3.34. The van der Waals surface area contributed by atoms with Crippen molar-refractivity contribution in [2.24, 2.45) is 0 Å². The summed E-state index contributed by atoms with van der Waals surface area (Å²) in [4.78, 5) is 14.7. The Labute approximate surface area is 111 Å². The summed E-state index contributed by atoms with van der Waals surface area (Å²) in [5.41, 5.74) is 0.981. The Kier molecular flexibility index (Phi) is 3.31. The van der Waals surface area contributed by atoms with Crippen molar-refractivity contribution in [3.05, 3.63) is 30.5 Å². The molecule has 0 spiro atoms. The molecule has 0 amide bonds. The normalized spacial score (nSPS) is 16.6. The van der Waals surface area contributed by atoms with Gasteiger partial charge in [0.05, 0.1) is 6.20 Å². The zero-order valence-corrected chi connectivity index (χ0v) is 10.9. The minimum atomic E-state index is 0.445. The van der Waals surface area contributed by atoms with Gasteiger partial charge in [0.2, 0.25) is 0 Å². The average Bonchev–Trinajstić information content (AvgIpc) is 2.94. The van der Waals surface area contributed by atoms with Crippen LogP contribution in [0.1, 0.15) is 18.5 Å². The molecule has 0 aromatic carbocycles. The van der Waals surface area contributed by atoms with Crippen LogP contribution in [-0.2, 0) is 0 Å². The first-order chi connectivity index (χ1) is 9.31. The summed E-state index contributed by atoms with van der Waals surface area (Å²) in [5, 5.41) is 3.46. The number of hydrogen-bond acceptors (Lipinski definition) is 6. The Morgan fingerprint density at radius 2 is 2.11 bits per heavy atom. The van der Waals surface area contributed by atoms with Crippen LogP contribution < -0.4 is 10.2 Å². The molecular weight excluding hydrogens is 242 g/mol. The number of hydrogen-bond donors (Lipinski definition) is 1. The average molecular weight is 259 g/mol. The van der Waals surface area contributed by atoms with E-state index < -0.39 is 0 Å². The Morgan fingerprint density at radius 3 is 2.79 bits per heavy atom. The Morgan fingerprint density at radius 1 is 1.26 bits per heavy atom. The van der Waals surface area contributed by atoms with Gasteiger partial charge in [-0.05, 0) is 19.8 Å². The number of nitrogens with zero attached hydrogens (tertiary/aromatic N) is 4. The maximum absolute atomic E-state index is 5.32. The highest BCUT2D eigenvalue weighted by Crippen LogP contribution is 2.19. The molecule has 2 aromatic heterocycles. The van der Waals surface area contributed by atoms with Crippen LogP contribution in [0.3, 0.4) is 0 Å². The minimum absolute atomic E-state index is 0.445. The Hall–Kier alpha value is -2.11. The zero-order chi connectivity index (χ0) is 13.1. The van der Waals surface area contributed by atoms with Crippen LogP contribution in [0, 0.1) is 6.92 Å². The fraction of sp³-hybridized carbons (Fsp3) is 0.462. The summed E-state index contributed by atoms with van der Waals surface area (Å²) in [7, 11) is 0. The third-order valence-corrected chi connectivity index (χ3v) is 3.34. The summed E-state index contributed by atoms with van der Waals surface area (Å²) in [6, 6.07) is 3.14. The van der Waals surface area contributed by atoms with Gasteiger partial charge in [0.1, 0.15) is 18.4 Å². The van der Waals surface area contributed by atoms with Crippen molar-refractivity contribution < 1.29 is 4.42 Å². The van der Waals surface area contributed by atoms with Gasteiger partial charge in [0.25, 0.3) is 6.01 Å². The molecule has 1 N–H and O–H groups in total. The van der Waals surface area contributed by atoms with E-state index >= 15 is 0 Å². The lowest BCUT2D eigenvalue weighted by molar-refractivity contribution is 0.470. The van der Waals surface area contributed by atoms with Gasteiger partial charge in [-0.2, -0.15) is 0 Å². The molecule has 1 aliphatic heterocycles. The predicted molar refractivity (Wildman–Crippen MR) is 72.1 cm³/mol. The number of aryl methyl sites for hydroxylation is 1. The van der Waals surface area contributed by atoms with Crippen LogP contribution in [0.15, 0.2) is 29.3 Å². The molecule has 2 aromatic rings. The summed E-state index contributed by atoms with van der Waals surface area (Å²) in [6.45, 7) is 3.86. The van der Waals surface area contributed by atoms with Gasteiger partial charge in [0.15, 0.2) is 0 Å². The minimum Gasteiger partial charge on any atom is -0.432 e. The summed E-state index contributed by atoms with van der Waals surface area (Å²) in [6.07, 6.45) is 6.99.